The molecule has 0 saturated carbocycles. The van der Waals surface area contributed by atoms with Gasteiger partial charge in [-0.25, -0.2) is 4.98 Å². The number of carbonyl (C=O) groups excluding carboxylic acids is 1. The Morgan fingerprint density at radius 2 is 1.92 bits per heavy atom. The van der Waals surface area contributed by atoms with Crippen LogP contribution in [0.5, 0.6) is 0 Å². The van der Waals surface area contributed by atoms with Crippen molar-refractivity contribution in [3.8, 4) is 11.4 Å². The van der Waals surface area contributed by atoms with E-state index in [1.165, 1.54) is 18.0 Å². The van der Waals surface area contributed by atoms with E-state index in [0.717, 1.165) is 42.0 Å². The quantitative estimate of drug-likeness (QED) is 0.736. The molecule has 24 heavy (non-hydrogen) atoms. The Labute approximate surface area is 142 Å². The van der Waals surface area contributed by atoms with Gasteiger partial charge in [-0.2, -0.15) is 0 Å². The van der Waals surface area contributed by atoms with Crippen LogP contribution >= 0.6 is 0 Å². The fraction of sp³-hybridized carbons (Fsp3) is 0.300. The molecule has 1 heterocycles. The third-order valence-corrected chi connectivity index (χ3v) is 4.10. The summed E-state index contributed by atoms with van der Waals surface area (Å²) < 4.78 is 2.30. The van der Waals surface area contributed by atoms with Gasteiger partial charge in [0.05, 0.1) is 11.0 Å². The van der Waals surface area contributed by atoms with Crippen molar-refractivity contribution in [2.75, 3.05) is 5.32 Å². The summed E-state index contributed by atoms with van der Waals surface area (Å²) in [5, 5.41) is 2.80. The van der Waals surface area contributed by atoms with E-state index in [4.69, 9.17) is 4.98 Å². The molecule has 0 aliphatic heterocycles. The van der Waals surface area contributed by atoms with Crippen molar-refractivity contribution in [3.63, 3.8) is 0 Å². The SMILES string of the molecule is CCCCn1c(-c2ccc(NC(C)=O)cc2)nc2cc(C)ccc21. The van der Waals surface area contributed by atoms with Gasteiger partial charge in [0, 0.05) is 24.7 Å². The Morgan fingerprint density at radius 3 is 2.58 bits per heavy atom. The molecule has 1 aromatic heterocycles. The van der Waals surface area contributed by atoms with Crippen LogP contribution in [0.25, 0.3) is 22.4 Å². The monoisotopic (exact) mass is 321 g/mol. The number of rotatable bonds is 5. The molecule has 0 unspecified atom stereocenters. The van der Waals surface area contributed by atoms with Gasteiger partial charge in [-0.3, -0.25) is 4.79 Å². The van der Waals surface area contributed by atoms with Crippen molar-refractivity contribution in [2.45, 2.75) is 40.2 Å². The van der Waals surface area contributed by atoms with Gasteiger partial charge in [-0.15, -0.1) is 0 Å². The highest BCUT2D eigenvalue weighted by Gasteiger charge is 2.12. The molecular formula is C20H23N3O. The Hall–Kier alpha value is -2.62. The highest BCUT2D eigenvalue weighted by Crippen LogP contribution is 2.27. The molecule has 0 spiro atoms. The first-order valence-electron chi connectivity index (χ1n) is 8.43. The molecule has 0 aliphatic rings. The lowest BCUT2D eigenvalue weighted by atomic mass is 10.2. The summed E-state index contributed by atoms with van der Waals surface area (Å²) in [6, 6.07) is 14.3. The van der Waals surface area contributed by atoms with Gasteiger partial charge in [0.2, 0.25) is 5.91 Å². The molecule has 3 aromatic rings. The van der Waals surface area contributed by atoms with Crippen molar-refractivity contribution in [3.05, 3.63) is 48.0 Å². The van der Waals surface area contributed by atoms with E-state index in [9.17, 15) is 4.79 Å². The summed E-state index contributed by atoms with van der Waals surface area (Å²) in [5.74, 6) is 0.923. The predicted octanol–water partition coefficient (Wildman–Crippen LogP) is 4.77. The van der Waals surface area contributed by atoms with Crippen molar-refractivity contribution in [1.29, 1.82) is 0 Å². The normalized spacial score (nSPS) is 11.0. The Balaban J connectivity index is 2.05. The van der Waals surface area contributed by atoms with E-state index in [2.05, 4.69) is 41.9 Å². The van der Waals surface area contributed by atoms with Gasteiger partial charge < -0.3 is 9.88 Å². The summed E-state index contributed by atoms with van der Waals surface area (Å²) in [4.78, 5) is 16.0. The zero-order valence-corrected chi connectivity index (χ0v) is 14.5. The minimum absolute atomic E-state index is 0.0617. The third-order valence-electron chi connectivity index (χ3n) is 4.10. The standard InChI is InChI=1S/C20H23N3O/c1-4-5-12-23-19-11-6-14(2)13-18(19)22-20(23)16-7-9-17(10-8-16)21-15(3)24/h6-11,13H,4-5,12H2,1-3H3,(H,21,24). The lowest BCUT2D eigenvalue weighted by Crippen LogP contribution is -2.05. The summed E-state index contributed by atoms with van der Waals surface area (Å²) in [5.41, 5.74) is 5.30. The van der Waals surface area contributed by atoms with Crippen LogP contribution in [0.4, 0.5) is 5.69 Å². The Kier molecular flexibility index (Phi) is 4.65. The average Bonchev–Trinajstić information content (AvgIpc) is 2.90. The predicted molar refractivity (Wildman–Crippen MR) is 99.1 cm³/mol. The topological polar surface area (TPSA) is 46.9 Å². The molecule has 0 fully saturated rings. The molecule has 1 N–H and O–H groups in total. The number of carbonyl (C=O) groups is 1. The molecular weight excluding hydrogens is 298 g/mol. The maximum Gasteiger partial charge on any atom is 0.221 e. The number of benzene rings is 2. The number of aryl methyl sites for hydroxylation is 2. The van der Waals surface area contributed by atoms with Gasteiger partial charge in [-0.05, 0) is 55.3 Å². The molecule has 0 radical (unpaired) electrons. The van der Waals surface area contributed by atoms with Gasteiger partial charge in [0.15, 0.2) is 0 Å². The number of amides is 1. The summed E-state index contributed by atoms with van der Waals surface area (Å²) in [6.07, 6.45) is 2.27. The van der Waals surface area contributed by atoms with Crippen LogP contribution < -0.4 is 5.32 Å². The first kappa shape index (κ1) is 16.2. The van der Waals surface area contributed by atoms with Crippen molar-refractivity contribution < 1.29 is 4.79 Å². The average molecular weight is 321 g/mol. The zero-order chi connectivity index (χ0) is 17.1. The highest BCUT2D eigenvalue weighted by atomic mass is 16.1. The number of anilines is 1. The summed E-state index contributed by atoms with van der Waals surface area (Å²) in [7, 11) is 0. The smallest absolute Gasteiger partial charge is 0.221 e. The number of nitrogens with zero attached hydrogens (tertiary/aromatic N) is 2. The molecule has 0 aliphatic carbocycles. The number of imidazole rings is 1. The number of unbranched alkanes of at least 4 members (excludes halogenated alkanes) is 1. The number of hydrogen-bond acceptors (Lipinski definition) is 2. The van der Waals surface area contributed by atoms with Gasteiger partial charge in [0.1, 0.15) is 5.82 Å². The van der Waals surface area contributed by atoms with Crippen LogP contribution in [-0.4, -0.2) is 15.5 Å². The summed E-state index contributed by atoms with van der Waals surface area (Å²) >= 11 is 0. The first-order chi connectivity index (χ1) is 11.6. The number of aromatic nitrogens is 2. The third kappa shape index (κ3) is 3.32. The largest absolute Gasteiger partial charge is 0.326 e. The van der Waals surface area contributed by atoms with Gasteiger partial charge >= 0.3 is 0 Å². The van der Waals surface area contributed by atoms with Gasteiger partial charge in [0.25, 0.3) is 0 Å². The van der Waals surface area contributed by atoms with Crippen LogP contribution in [0, 0.1) is 6.92 Å². The van der Waals surface area contributed by atoms with E-state index in [0.29, 0.717) is 0 Å². The van der Waals surface area contributed by atoms with Crippen LogP contribution in [0.2, 0.25) is 0 Å². The van der Waals surface area contributed by atoms with Crippen molar-refractivity contribution in [2.24, 2.45) is 0 Å². The van der Waals surface area contributed by atoms with Crippen molar-refractivity contribution >= 4 is 22.6 Å². The number of hydrogen-bond donors (Lipinski definition) is 1. The van der Waals surface area contributed by atoms with Crippen molar-refractivity contribution in [1.82, 2.24) is 9.55 Å². The molecule has 4 heteroatoms. The molecule has 0 bridgehead atoms. The van der Waals surface area contributed by atoms with E-state index < -0.39 is 0 Å². The second-order valence-corrected chi connectivity index (χ2v) is 6.19. The van der Waals surface area contributed by atoms with Crippen LogP contribution in [0.1, 0.15) is 32.3 Å². The molecule has 124 valence electrons. The molecule has 0 atom stereocenters. The van der Waals surface area contributed by atoms with E-state index in [-0.39, 0.29) is 5.91 Å². The fourth-order valence-electron chi connectivity index (χ4n) is 2.91. The van der Waals surface area contributed by atoms with E-state index >= 15 is 0 Å². The molecule has 3 rings (SSSR count). The molecule has 1 amide bonds. The maximum absolute atomic E-state index is 11.2. The highest BCUT2D eigenvalue weighted by molar-refractivity contribution is 5.89. The lowest BCUT2D eigenvalue weighted by Gasteiger charge is -2.09. The van der Waals surface area contributed by atoms with Crippen LogP contribution in [0.3, 0.4) is 0 Å². The van der Waals surface area contributed by atoms with E-state index in [1.54, 1.807) is 0 Å². The second-order valence-electron chi connectivity index (χ2n) is 6.19. The van der Waals surface area contributed by atoms with Crippen LogP contribution in [0.15, 0.2) is 42.5 Å². The lowest BCUT2D eigenvalue weighted by molar-refractivity contribution is -0.114. The molecule has 4 nitrogen and oxygen atoms in total. The minimum Gasteiger partial charge on any atom is -0.326 e. The first-order valence-corrected chi connectivity index (χ1v) is 8.43. The Bertz CT molecular complexity index is 862. The Morgan fingerprint density at radius 1 is 1.17 bits per heavy atom. The second kappa shape index (κ2) is 6.87. The van der Waals surface area contributed by atoms with Crippen LogP contribution in [-0.2, 0) is 11.3 Å². The zero-order valence-electron chi connectivity index (χ0n) is 14.5. The maximum atomic E-state index is 11.2. The molecule has 2 aromatic carbocycles. The number of fused-ring (bicyclic) bond motifs is 1. The fourth-order valence-corrected chi connectivity index (χ4v) is 2.91. The number of nitrogens with one attached hydrogen (secondary N) is 1. The van der Waals surface area contributed by atoms with E-state index in [1.807, 2.05) is 24.3 Å². The van der Waals surface area contributed by atoms with Gasteiger partial charge in [-0.1, -0.05) is 19.4 Å². The minimum atomic E-state index is -0.0617. The summed E-state index contributed by atoms with van der Waals surface area (Å²) in [6.45, 7) is 6.76. The molecule has 0 saturated heterocycles.